The molecule has 1 aliphatic rings. The van der Waals surface area contributed by atoms with Crippen LogP contribution >= 0.6 is 0 Å². The van der Waals surface area contributed by atoms with Crippen LogP contribution in [0.2, 0.25) is 0 Å². The van der Waals surface area contributed by atoms with E-state index in [4.69, 9.17) is 0 Å². The Hall–Kier alpha value is -3.59. The van der Waals surface area contributed by atoms with Crippen LogP contribution in [-0.2, 0) is 19.0 Å². The van der Waals surface area contributed by atoms with Crippen LogP contribution in [0.3, 0.4) is 0 Å². The number of hydrogen-bond donors (Lipinski definition) is 2. The molecule has 1 aromatic carbocycles. The first kappa shape index (κ1) is 24.1. The maximum atomic E-state index is 14.4. The Bertz CT molecular complexity index is 1400. The molecule has 188 valence electrons. The van der Waals surface area contributed by atoms with Crippen LogP contribution in [0.15, 0.2) is 49.1 Å². The van der Waals surface area contributed by atoms with E-state index in [2.05, 4.69) is 52.7 Å². The predicted octanol–water partition coefficient (Wildman–Crippen LogP) is 4.32. The summed E-state index contributed by atoms with van der Waals surface area (Å²) in [6, 6.07) is 9.69. The van der Waals surface area contributed by atoms with E-state index in [1.54, 1.807) is 18.6 Å². The Morgan fingerprint density at radius 2 is 2.08 bits per heavy atom. The van der Waals surface area contributed by atoms with Crippen molar-refractivity contribution in [1.29, 1.82) is 0 Å². The number of hydrogen-bond acceptors (Lipinski definition) is 5. The highest BCUT2D eigenvalue weighted by atomic mass is 19.1. The van der Waals surface area contributed by atoms with E-state index >= 15 is 0 Å². The fraction of sp³-hybridized carbons (Fsp3) is 0.407. The summed E-state index contributed by atoms with van der Waals surface area (Å²) in [6.45, 7) is 7.83. The minimum absolute atomic E-state index is 0.229. The van der Waals surface area contributed by atoms with E-state index in [9.17, 15) is 9.18 Å². The van der Waals surface area contributed by atoms with E-state index in [1.165, 1.54) is 4.40 Å². The van der Waals surface area contributed by atoms with Crippen molar-refractivity contribution in [3.8, 4) is 0 Å². The summed E-state index contributed by atoms with van der Waals surface area (Å²) in [4.78, 5) is 17.6. The second kappa shape index (κ2) is 9.46. The fourth-order valence-corrected chi connectivity index (χ4v) is 5.37. The van der Waals surface area contributed by atoms with Gasteiger partial charge in [-0.3, -0.25) is 9.20 Å². The van der Waals surface area contributed by atoms with Crippen molar-refractivity contribution in [2.75, 3.05) is 11.9 Å². The van der Waals surface area contributed by atoms with Crippen LogP contribution in [0.1, 0.15) is 60.9 Å². The summed E-state index contributed by atoms with van der Waals surface area (Å²) in [5.41, 5.74) is 2.96. The third-order valence-corrected chi connectivity index (χ3v) is 6.95. The molecule has 1 aliphatic carbocycles. The number of fused-ring (bicyclic) bond motifs is 1. The van der Waals surface area contributed by atoms with Gasteiger partial charge in [0, 0.05) is 25.5 Å². The van der Waals surface area contributed by atoms with Crippen molar-refractivity contribution in [2.45, 2.75) is 45.6 Å². The molecule has 36 heavy (non-hydrogen) atoms. The zero-order valence-corrected chi connectivity index (χ0v) is 21.1. The molecule has 4 aromatic rings. The number of aromatic nitrogens is 5. The average molecular weight is 490 g/mol. The number of benzene rings is 1. The van der Waals surface area contributed by atoms with Gasteiger partial charge in [0.15, 0.2) is 5.65 Å². The summed E-state index contributed by atoms with van der Waals surface area (Å²) in [7, 11) is 1.96. The minimum atomic E-state index is -0.503. The molecule has 0 atom stereocenters. The molecule has 1 saturated carbocycles. The van der Waals surface area contributed by atoms with Crippen molar-refractivity contribution in [3.63, 3.8) is 0 Å². The third-order valence-electron chi connectivity index (χ3n) is 6.95. The van der Waals surface area contributed by atoms with Gasteiger partial charge < -0.3 is 15.2 Å². The van der Waals surface area contributed by atoms with Crippen LogP contribution in [-0.4, -0.2) is 36.6 Å². The molecule has 8 nitrogen and oxygen atoms in total. The minimum Gasteiger partial charge on any atom is -0.322 e. The van der Waals surface area contributed by atoms with Gasteiger partial charge in [-0.05, 0) is 60.5 Å². The van der Waals surface area contributed by atoms with Crippen molar-refractivity contribution in [3.05, 3.63) is 77.5 Å². The Labute approximate surface area is 210 Å². The first-order valence-corrected chi connectivity index (χ1v) is 12.4. The molecule has 9 heteroatoms. The van der Waals surface area contributed by atoms with Crippen molar-refractivity contribution >= 4 is 17.2 Å². The fourth-order valence-electron chi connectivity index (χ4n) is 5.37. The van der Waals surface area contributed by atoms with Crippen LogP contribution in [0.4, 0.5) is 10.1 Å². The van der Waals surface area contributed by atoms with E-state index < -0.39 is 5.95 Å². The van der Waals surface area contributed by atoms with E-state index in [0.717, 1.165) is 42.5 Å². The van der Waals surface area contributed by atoms with Crippen LogP contribution in [0.25, 0.3) is 5.65 Å². The van der Waals surface area contributed by atoms with Crippen molar-refractivity contribution in [1.82, 2.24) is 29.5 Å². The number of aryl methyl sites for hydroxylation is 1. The number of imidazole rings is 1. The monoisotopic (exact) mass is 489 g/mol. The van der Waals surface area contributed by atoms with Crippen molar-refractivity contribution in [2.24, 2.45) is 18.9 Å². The second-order valence-electron chi connectivity index (χ2n) is 10.5. The molecule has 0 radical (unpaired) electrons. The zero-order chi connectivity index (χ0) is 25.4. The lowest BCUT2D eigenvalue weighted by Crippen LogP contribution is -2.43. The molecule has 3 heterocycles. The second-order valence-corrected chi connectivity index (χ2v) is 10.5. The van der Waals surface area contributed by atoms with Gasteiger partial charge in [0.2, 0.25) is 5.95 Å². The van der Waals surface area contributed by atoms with Crippen molar-refractivity contribution < 1.29 is 9.18 Å². The maximum Gasteiger partial charge on any atom is 0.259 e. The number of pyridine rings is 1. The maximum absolute atomic E-state index is 14.4. The third kappa shape index (κ3) is 4.39. The summed E-state index contributed by atoms with van der Waals surface area (Å²) in [6.07, 6.45) is 6.49. The Balaban J connectivity index is 1.44. The standard InChI is InChI=1S/C27H32FN7O/c1-17(2)12-29-13-19-8-22(24-30-14-23(28)35(24)15-19)25(36)32-21-7-5-6-20(9-21)27(10-18(3)11-27)26-33-31-16-34(26)4/h5-9,14-18,29H,10-13H2,1-4H3,(H,32,36). The number of rotatable bonds is 8. The van der Waals surface area contributed by atoms with Gasteiger partial charge in [-0.1, -0.05) is 32.9 Å². The lowest BCUT2D eigenvalue weighted by Gasteiger charge is -2.46. The SMILES string of the molecule is CC(C)CNCc1cc(C(=O)Nc2cccc(C3(c4nncn4C)CC(C)C3)c2)c2ncc(F)n2c1. The van der Waals surface area contributed by atoms with Crippen LogP contribution in [0, 0.1) is 17.8 Å². The number of anilines is 1. The number of nitrogens with zero attached hydrogens (tertiary/aromatic N) is 5. The molecule has 5 rings (SSSR count). The molecular weight excluding hydrogens is 457 g/mol. The van der Waals surface area contributed by atoms with Gasteiger partial charge in [0.1, 0.15) is 12.2 Å². The van der Waals surface area contributed by atoms with Gasteiger partial charge >= 0.3 is 0 Å². The molecule has 0 spiro atoms. The lowest BCUT2D eigenvalue weighted by molar-refractivity contribution is 0.102. The summed E-state index contributed by atoms with van der Waals surface area (Å²) in [5.74, 6) is 1.16. The lowest BCUT2D eigenvalue weighted by atomic mass is 9.58. The molecule has 0 bridgehead atoms. The highest BCUT2D eigenvalue weighted by Crippen LogP contribution is 2.51. The average Bonchev–Trinajstić information content (AvgIpc) is 3.42. The van der Waals surface area contributed by atoms with E-state index in [-0.39, 0.29) is 17.0 Å². The number of halogens is 1. The van der Waals surface area contributed by atoms with Gasteiger partial charge in [-0.15, -0.1) is 10.2 Å². The van der Waals surface area contributed by atoms with Crippen LogP contribution in [0.5, 0.6) is 0 Å². The number of carbonyl (C=O) groups excluding carboxylic acids is 1. The summed E-state index contributed by atoms with van der Waals surface area (Å²) < 4.78 is 17.7. The molecule has 1 amide bonds. The van der Waals surface area contributed by atoms with E-state index in [0.29, 0.717) is 29.6 Å². The van der Waals surface area contributed by atoms with Gasteiger partial charge in [0.05, 0.1) is 17.2 Å². The highest BCUT2D eigenvalue weighted by molar-refractivity contribution is 6.08. The largest absolute Gasteiger partial charge is 0.322 e. The molecule has 0 unspecified atom stereocenters. The number of amides is 1. The molecule has 3 aromatic heterocycles. The zero-order valence-electron chi connectivity index (χ0n) is 21.1. The molecular formula is C27H32FN7O. The Kier molecular flexibility index (Phi) is 6.34. The summed E-state index contributed by atoms with van der Waals surface area (Å²) >= 11 is 0. The van der Waals surface area contributed by atoms with E-state index in [1.807, 2.05) is 29.8 Å². The number of carbonyl (C=O) groups is 1. The van der Waals surface area contributed by atoms with Gasteiger partial charge in [-0.25, -0.2) is 4.98 Å². The first-order chi connectivity index (χ1) is 17.3. The molecule has 0 aliphatic heterocycles. The predicted molar refractivity (Wildman–Crippen MR) is 136 cm³/mol. The number of nitrogens with one attached hydrogen (secondary N) is 2. The van der Waals surface area contributed by atoms with Gasteiger partial charge in [-0.2, -0.15) is 4.39 Å². The molecule has 0 saturated heterocycles. The molecule has 2 N–H and O–H groups in total. The molecule has 1 fully saturated rings. The van der Waals surface area contributed by atoms with Gasteiger partial charge in [0.25, 0.3) is 5.91 Å². The Morgan fingerprint density at radius 3 is 2.78 bits per heavy atom. The highest BCUT2D eigenvalue weighted by Gasteiger charge is 2.48. The normalized spacial score (nSPS) is 19.6. The quantitative estimate of drug-likeness (QED) is 0.385. The first-order valence-electron chi connectivity index (χ1n) is 12.4. The summed E-state index contributed by atoms with van der Waals surface area (Å²) in [5, 5.41) is 14.9. The smallest absolute Gasteiger partial charge is 0.259 e. The van der Waals surface area contributed by atoms with Crippen LogP contribution < -0.4 is 10.6 Å². The Morgan fingerprint density at radius 1 is 1.28 bits per heavy atom. The topological polar surface area (TPSA) is 89.1 Å².